The van der Waals surface area contributed by atoms with E-state index in [1.165, 1.54) is 63.0 Å². The van der Waals surface area contributed by atoms with Crippen molar-refractivity contribution in [2.75, 3.05) is 6.61 Å². The van der Waals surface area contributed by atoms with Crippen LogP contribution in [0.5, 0.6) is 5.75 Å². The van der Waals surface area contributed by atoms with Crippen molar-refractivity contribution in [1.29, 1.82) is 0 Å². The van der Waals surface area contributed by atoms with Crippen molar-refractivity contribution in [3.8, 4) is 16.9 Å². The normalized spacial score (nSPS) is 31.0. The first-order valence-electron chi connectivity index (χ1n) is 19.3. The van der Waals surface area contributed by atoms with Crippen LogP contribution in [0.15, 0.2) is 69.4 Å². The average Bonchev–Trinajstić information content (AvgIpc) is 3.45. The van der Waals surface area contributed by atoms with Crippen LogP contribution in [0.2, 0.25) is 5.02 Å². The van der Waals surface area contributed by atoms with Crippen LogP contribution < -0.4 is 10.4 Å². The van der Waals surface area contributed by atoms with Gasteiger partial charge in [-0.25, -0.2) is 9.59 Å². The minimum atomic E-state index is -0.464. The van der Waals surface area contributed by atoms with Crippen molar-refractivity contribution >= 4 is 28.5 Å². The molecule has 0 amide bonds. The summed E-state index contributed by atoms with van der Waals surface area (Å²) in [6, 6.07) is 14.4. The molecule has 2 aromatic carbocycles. The number of fused-ring (bicyclic) bond motifs is 6. The minimum Gasteiger partial charge on any atom is -0.480 e. The first kappa shape index (κ1) is 35.4. The van der Waals surface area contributed by atoms with Crippen molar-refractivity contribution in [2.45, 2.75) is 111 Å². The Morgan fingerprint density at radius 3 is 2.56 bits per heavy atom. The van der Waals surface area contributed by atoms with Gasteiger partial charge in [0.15, 0.2) is 6.61 Å². The van der Waals surface area contributed by atoms with Gasteiger partial charge in [0.25, 0.3) is 0 Å². The van der Waals surface area contributed by atoms with Gasteiger partial charge in [0.05, 0.1) is 5.02 Å². The van der Waals surface area contributed by atoms with Gasteiger partial charge in [-0.3, -0.25) is 0 Å². The summed E-state index contributed by atoms with van der Waals surface area (Å²) >= 11 is 6.62. The molecule has 0 unspecified atom stereocenters. The summed E-state index contributed by atoms with van der Waals surface area (Å²) < 4.78 is 17.4. The lowest BCUT2D eigenvalue weighted by atomic mass is 9.47. The zero-order chi connectivity index (χ0) is 35.2. The number of hydrogen-bond donors (Lipinski definition) is 0. The van der Waals surface area contributed by atoms with Crippen LogP contribution in [0.1, 0.15) is 105 Å². The highest BCUT2D eigenvalue weighted by Crippen LogP contribution is 2.67. The molecule has 0 radical (unpaired) electrons. The van der Waals surface area contributed by atoms with Crippen LogP contribution in [-0.2, 0) is 9.53 Å². The summed E-state index contributed by atoms with van der Waals surface area (Å²) in [7, 11) is 0. The molecule has 8 atom stereocenters. The van der Waals surface area contributed by atoms with Gasteiger partial charge in [-0.2, -0.15) is 0 Å². The second-order valence-corrected chi connectivity index (χ2v) is 17.5. The van der Waals surface area contributed by atoms with E-state index in [2.05, 4.69) is 40.7 Å². The van der Waals surface area contributed by atoms with Gasteiger partial charge >= 0.3 is 11.6 Å². The first-order valence-corrected chi connectivity index (χ1v) is 19.7. The number of ether oxygens (including phenoxy) is 2. The molecule has 4 aliphatic rings. The third-order valence-corrected chi connectivity index (χ3v) is 14.1. The molecule has 6 heteroatoms. The molecule has 0 saturated heterocycles. The summed E-state index contributed by atoms with van der Waals surface area (Å²) in [5, 5.41) is 1.04. The molecule has 3 fully saturated rings. The molecule has 1 heterocycles. The van der Waals surface area contributed by atoms with Gasteiger partial charge in [0.1, 0.15) is 17.4 Å². The highest BCUT2D eigenvalue weighted by Gasteiger charge is 2.59. The lowest BCUT2D eigenvalue weighted by Gasteiger charge is -2.58. The molecule has 50 heavy (non-hydrogen) atoms. The highest BCUT2D eigenvalue weighted by atomic mass is 35.5. The van der Waals surface area contributed by atoms with E-state index in [1.54, 1.807) is 12.1 Å². The standard InChI is InChI=1S/C44H55ClO5/c1-27(2)10-9-11-28(3)35-16-17-36-32-15-14-30-22-31(18-20-43(30,4)37(32)19-21-44(35,36)5)49-42(47)26-48-40-25-39-34(23-38(40)45)33(24-41(46)50-39)29-12-7-6-8-13-29/h6-8,12-14,23-25,27-28,31-32,35-37H,9-11,15-22,26H2,1-5H3/t28-,31+,32-,35-,36-,37-,43+,44-/m1/s1. The van der Waals surface area contributed by atoms with Gasteiger partial charge in [-0.15, -0.1) is 0 Å². The number of benzene rings is 2. The smallest absolute Gasteiger partial charge is 0.344 e. The van der Waals surface area contributed by atoms with Crippen LogP contribution in [0.25, 0.3) is 22.1 Å². The molecule has 5 nitrogen and oxygen atoms in total. The van der Waals surface area contributed by atoms with E-state index in [9.17, 15) is 9.59 Å². The van der Waals surface area contributed by atoms with Crippen LogP contribution in [-0.4, -0.2) is 18.7 Å². The Labute approximate surface area is 303 Å². The van der Waals surface area contributed by atoms with E-state index in [0.717, 1.165) is 65.9 Å². The van der Waals surface area contributed by atoms with Crippen molar-refractivity contribution in [2.24, 2.45) is 46.3 Å². The van der Waals surface area contributed by atoms with E-state index < -0.39 is 11.6 Å². The highest BCUT2D eigenvalue weighted by molar-refractivity contribution is 6.33. The van der Waals surface area contributed by atoms with Crippen LogP contribution in [0, 0.1) is 46.3 Å². The number of rotatable bonds is 10. The molecule has 0 aliphatic heterocycles. The zero-order valence-electron chi connectivity index (χ0n) is 30.6. The molecular weight excluding hydrogens is 644 g/mol. The van der Waals surface area contributed by atoms with Gasteiger partial charge in [-0.05, 0) is 108 Å². The van der Waals surface area contributed by atoms with E-state index in [0.29, 0.717) is 21.4 Å². The van der Waals surface area contributed by atoms with Gasteiger partial charge in [-0.1, -0.05) is 107 Å². The molecular formula is C44H55ClO5. The van der Waals surface area contributed by atoms with E-state index in [4.69, 9.17) is 25.5 Å². The molecule has 4 aliphatic carbocycles. The lowest BCUT2D eigenvalue weighted by molar-refractivity contribution is -0.153. The number of esters is 1. The van der Waals surface area contributed by atoms with E-state index >= 15 is 0 Å². The third-order valence-electron chi connectivity index (χ3n) is 13.8. The topological polar surface area (TPSA) is 65.7 Å². The molecule has 1 aromatic heterocycles. The molecule has 0 spiro atoms. The Morgan fingerprint density at radius 2 is 1.78 bits per heavy atom. The Kier molecular flexibility index (Phi) is 10.0. The average molecular weight is 699 g/mol. The summed E-state index contributed by atoms with van der Waals surface area (Å²) in [5.74, 6) is 4.71. The predicted octanol–water partition coefficient (Wildman–Crippen LogP) is 11.4. The van der Waals surface area contributed by atoms with E-state index in [-0.39, 0.29) is 23.9 Å². The molecule has 3 aromatic rings. The Morgan fingerprint density at radius 1 is 0.980 bits per heavy atom. The number of allylic oxidation sites excluding steroid dienone is 1. The van der Waals surface area contributed by atoms with Crippen LogP contribution in [0.4, 0.5) is 0 Å². The fraction of sp³-hybridized carbons (Fsp3) is 0.591. The van der Waals surface area contributed by atoms with Crippen molar-refractivity contribution < 1.29 is 18.7 Å². The largest absolute Gasteiger partial charge is 0.480 e. The Bertz CT molecular complexity index is 1790. The lowest BCUT2D eigenvalue weighted by Crippen LogP contribution is -2.51. The van der Waals surface area contributed by atoms with Gasteiger partial charge in [0, 0.05) is 23.9 Å². The van der Waals surface area contributed by atoms with Crippen molar-refractivity contribution in [3.63, 3.8) is 0 Å². The number of carbonyl (C=O) groups excluding carboxylic acids is 1. The SMILES string of the molecule is CC(C)CCC[C@@H](C)[C@H]1CC[C@@H]2[C@H]3CC=C4C[C@@H](OC(=O)COc5cc6oc(=O)cc(-c7ccccc7)c6cc5Cl)CC[C@]4(C)[C@@H]3CC[C@@]21C. The fourth-order valence-electron chi connectivity index (χ4n) is 11.2. The number of carbonyl (C=O) groups is 1. The van der Waals surface area contributed by atoms with Crippen LogP contribution >= 0.6 is 11.6 Å². The fourth-order valence-corrected chi connectivity index (χ4v) is 11.5. The summed E-state index contributed by atoms with van der Waals surface area (Å²) in [6.45, 7) is 12.2. The third kappa shape index (κ3) is 6.69. The van der Waals surface area contributed by atoms with Crippen molar-refractivity contribution in [3.05, 3.63) is 75.6 Å². The number of halogens is 1. The maximum atomic E-state index is 13.1. The second-order valence-electron chi connectivity index (χ2n) is 17.1. The maximum Gasteiger partial charge on any atom is 0.344 e. The Hall–Kier alpha value is -3.05. The maximum absolute atomic E-state index is 13.1. The summed E-state index contributed by atoms with van der Waals surface area (Å²) in [5.41, 5.74) is 3.69. The first-order chi connectivity index (χ1) is 24.0. The molecule has 0 N–H and O–H groups in total. The van der Waals surface area contributed by atoms with Gasteiger partial charge < -0.3 is 13.9 Å². The van der Waals surface area contributed by atoms with Gasteiger partial charge in [0.2, 0.25) is 0 Å². The predicted molar refractivity (Wildman–Crippen MR) is 201 cm³/mol. The Balaban J connectivity index is 0.973. The summed E-state index contributed by atoms with van der Waals surface area (Å²) in [4.78, 5) is 25.5. The van der Waals surface area contributed by atoms with Crippen molar-refractivity contribution in [1.82, 2.24) is 0 Å². The molecule has 268 valence electrons. The molecule has 0 bridgehead atoms. The second kappa shape index (κ2) is 14.2. The number of hydrogen-bond acceptors (Lipinski definition) is 5. The molecule has 3 saturated carbocycles. The monoisotopic (exact) mass is 698 g/mol. The zero-order valence-corrected chi connectivity index (χ0v) is 31.4. The van der Waals surface area contributed by atoms with E-state index in [1.807, 2.05) is 30.3 Å². The van der Waals surface area contributed by atoms with Crippen LogP contribution in [0.3, 0.4) is 0 Å². The minimum absolute atomic E-state index is 0.142. The molecule has 7 rings (SSSR count). The quantitative estimate of drug-likeness (QED) is 0.120. The summed E-state index contributed by atoms with van der Waals surface area (Å²) in [6.07, 6.45) is 16.0.